The Bertz CT molecular complexity index is 546. The van der Waals surface area contributed by atoms with Gasteiger partial charge in [-0.3, -0.25) is 10.1 Å². The molecule has 1 fully saturated rings. The quantitative estimate of drug-likeness (QED) is 0.871. The average Bonchev–Trinajstić information content (AvgIpc) is 2.66. The highest BCUT2D eigenvalue weighted by molar-refractivity contribution is 5.84. The topological polar surface area (TPSA) is 32.3 Å². The molecule has 116 valence electrons. The molecule has 1 heterocycles. The maximum Gasteiger partial charge on any atom is 0.390 e. The Hall–Kier alpha value is -1.70. The van der Waals surface area contributed by atoms with Gasteiger partial charge in [-0.25, -0.2) is 8.78 Å². The first kappa shape index (κ1) is 15.7. The molecule has 0 saturated carbocycles. The number of nitrogens with zero attached hydrogens (tertiary/aromatic N) is 1. The van der Waals surface area contributed by atoms with Crippen molar-refractivity contribution in [1.82, 2.24) is 10.2 Å². The zero-order chi connectivity index (χ0) is 15.8. The van der Waals surface area contributed by atoms with Crippen LogP contribution in [0, 0.1) is 11.6 Å². The molecule has 1 aromatic carbocycles. The number of rotatable bonds is 3. The van der Waals surface area contributed by atoms with Gasteiger partial charge in [0.1, 0.15) is 6.17 Å². The van der Waals surface area contributed by atoms with Crippen molar-refractivity contribution in [3.8, 4) is 0 Å². The zero-order valence-electron chi connectivity index (χ0n) is 11.0. The largest absolute Gasteiger partial charge is 0.390 e. The van der Waals surface area contributed by atoms with E-state index in [0.717, 1.165) is 17.0 Å². The molecule has 2 rings (SSSR count). The highest BCUT2D eigenvalue weighted by atomic mass is 19.4. The molecule has 1 amide bonds. The van der Waals surface area contributed by atoms with E-state index in [1.807, 2.05) is 0 Å². The Kier molecular flexibility index (Phi) is 4.18. The van der Waals surface area contributed by atoms with Crippen LogP contribution in [0.5, 0.6) is 0 Å². The molecule has 1 aliphatic heterocycles. The zero-order valence-corrected chi connectivity index (χ0v) is 11.0. The smallest absolute Gasteiger partial charge is 0.321 e. The van der Waals surface area contributed by atoms with E-state index in [1.165, 1.54) is 13.0 Å². The fraction of sp³-hybridized carbons (Fsp3) is 0.462. The molecule has 0 bridgehead atoms. The van der Waals surface area contributed by atoms with Crippen LogP contribution < -0.4 is 5.32 Å². The van der Waals surface area contributed by atoms with E-state index < -0.39 is 48.9 Å². The fourth-order valence-electron chi connectivity index (χ4n) is 2.22. The molecule has 0 aliphatic carbocycles. The van der Waals surface area contributed by atoms with E-state index in [2.05, 4.69) is 5.32 Å². The Balaban J connectivity index is 2.23. The SMILES string of the molecule is CC1NC(c2ccc(F)c(F)c2)N(CCC(F)(F)F)C1=O. The van der Waals surface area contributed by atoms with Crippen LogP contribution in [0.3, 0.4) is 0 Å². The van der Waals surface area contributed by atoms with Gasteiger partial charge in [0.2, 0.25) is 5.91 Å². The number of hydrogen-bond donors (Lipinski definition) is 1. The number of benzene rings is 1. The van der Waals surface area contributed by atoms with Gasteiger partial charge in [0, 0.05) is 6.54 Å². The van der Waals surface area contributed by atoms with Crippen molar-refractivity contribution in [2.24, 2.45) is 0 Å². The summed E-state index contributed by atoms with van der Waals surface area (Å²) in [6.45, 7) is 0.964. The summed E-state index contributed by atoms with van der Waals surface area (Å²) in [7, 11) is 0. The maximum absolute atomic E-state index is 13.2. The van der Waals surface area contributed by atoms with Crippen molar-refractivity contribution < 1.29 is 26.7 Å². The summed E-state index contributed by atoms with van der Waals surface area (Å²) >= 11 is 0. The van der Waals surface area contributed by atoms with Crippen LogP contribution in [0.2, 0.25) is 0 Å². The predicted molar refractivity (Wildman–Crippen MR) is 64.1 cm³/mol. The summed E-state index contributed by atoms with van der Waals surface area (Å²) in [5.74, 6) is -2.68. The minimum absolute atomic E-state index is 0.203. The second-order valence-electron chi connectivity index (χ2n) is 4.86. The first-order valence-corrected chi connectivity index (χ1v) is 6.27. The lowest BCUT2D eigenvalue weighted by atomic mass is 10.1. The van der Waals surface area contributed by atoms with E-state index >= 15 is 0 Å². The van der Waals surface area contributed by atoms with E-state index in [1.54, 1.807) is 0 Å². The van der Waals surface area contributed by atoms with Crippen LogP contribution in [0.25, 0.3) is 0 Å². The highest BCUT2D eigenvalue weighted by Crippen LogP contribution is 2.29. The monoisotopic (exact) mass is 308 g/mol. The molecule has 0 spiro atoms. The Morgan fingerprint density at radius 2 is 1.90 bits per heavy atom. The summed E-state index contributed by atoms with van der Waals surface area (Å²) in [6, 6.07) is 2.30. The summed E-state index contributed by atoms with van der Waals surface area (Å²) in [5.41, 5.74) is 0.203. The minimum Gasteiger partial charge on any atom is -0.321 e. The Morgan fingerprint density at radius 1 is 1.24 bits per heavy atom. The Labute approximate surface area is 117 Å². The lowest BCUT2D eigenvalue weighted by Crippen LogP contribution is -2.33. The molecule has 21 heavy (non-hydrogen) atoms. The van der Waals surface area contributed by atoms with Crippen LogP contribution in [0.1, 0.15) is 25.1 Å². The van der Waals surface area contributed by atoms with Gasteiger partial charge in [-0.05, 0) is 24.6 Å². The number of carbonyl (C=O) groups is 1. The molecule has 2 unspecified atom stereocenters. The van der Waals surface area contributed by atoms with E-state index in [9.17, 15) is 26.7 Å². The number of amides is 1. The number of halogens is 5. The molecule has 1 saturated heterocycles. The van der Waals surface area contributed by atoms with E-state index in [0.29, 0.717) is 0 Å². The summed E-state index contributed by atoms with van der Waals surface area (Å²) in [5, 5.41) is 2.77. The molecule has 0 aromatic heterocycles. The highest BCUT2D eigenvalue weighted by Gasteiger charge is 2.39. The second kappa shape index (κ2) is 5.59. The van der Waals surface area contributed by atoms with Crippen molar-refractivity contribution in [3.05, 3.63) is 35.4 Å². The van der Waals surface area contributed by atoms with Gasteiger partial charge in [-0.15, -0.1) is 0 Å². The number of alkyl halides is 3. The lowest BCUT2D eigenvalue weighted by molar-refractivity contribution is -0.145. The number of hydrogen-bond acceptors (Lipinski definition) is 2. The Morgan fingerprint density at radius 3 is 2.48 bits per heavy atom. The second-order valence-corrected chi connectivity index (χ2v) is 4.86. The third-order valence-electron chi connectivity index (χ3n) is 3.27. The molecular weight excluding hydrogens is 295 g/mol. The molecule has 8 heteroatoms. The van der Waals surface area contributed by atoms with Gasteiger partial charge in [-0.2, -0.15) is 13.2 Å². The molecule has 3 nitrogen and oxygen atoms in total. The van der Waals surface area contributed by atoms with Crippen molar-refractivity contribution in [3.63, 3.8) is 0 Å². The van der Waals surface area contributed by atoms with Crippen LogP contribution >= 0.6 is 0 Å². The molecule has 1 aromatic rings. The molecule has 1 N–H and O–H groups in total. The van der Waals surface area contributed by atoms with Gasteiger partial charge >= 0.3 is 6.18 Å². The minimum atomic E-state index is -4.40. The summed E-state index contributed by atoms with van der Waals surface area (Å²) < 4.78 is 63.1. The number of carbonyl (C=O) groups excluding carboxylic acids is 1. The third-order valence-corrected chi connectivity index (χ3v) is 3.27. The average molecular weight is 308 g/mol. The molecule has 1 aliphatic rings. The number of nitrogens with one attached hydrogen (secondary N) is 1. The molecular formula is C13H13F5N2O. The van der Waals surface area contributed by atoms with Crippen molar-refractivity contribution in [2.45, 2.75) is 31.7 Å². The first-order chi connectivity index (χ1) is 9.69. The van der Waals surface area contributed by atoms with E-state index in [4.69, 9.17) is 0 Å². The predicted octanol–water partition coefficient (Wildman–Crippen LogP) is 2.74. The van der Waals surface area contributed by atoms with Crippen molar-refractivity contribution >= 4 is 5.91 Å². The maximum atomic E-state index is 13.2. The van der Waals surface area contributed by atoms with E-state index in [-0.39, 0.29) is 5.56 Å². The van der Waals surface area contributed by atoms with Gasteiger partial charge in [0.25, 0.3) is 0 Å². The van der Waals surface area contributed by atoms with Crippen molar-refractivity contribution in [2.75, 3.05) is 6.54 Å². The summed E-state index contributed by atoms with van der Waals surface area (Å²) in [4.78, 5) is 12.9. The van der Waals surface area contributed by atoms with Gasteiger partial charge in [0.05, 0.1) is 12.5 Å². The fourth-order valence-corrected chi connectivity index (χ4v) is 2.22. The van der Waals surface area contributed by atoms with Crippen molar-refractivity contribution in [1.29, 1.82) is 0 Å². The summed E-state index contributed by atoms with van der Waals surface area (Å²) in [6.07, 6.45) is -6.46. The standard InChI is InChI=1S/C13H13F5N2O/c1-7-12(21)20(5-4-13(16,17)18)11(19-7)8-2-3-9(14)10(15)6-8/h2-3,6-7,11,19H,4-5H2,1H3. The molecule has 0 radical (unpaired) electrons. The van der Waals surface area contributed by atoms with Gasteiger partial charge in [-0.1, -0.05) is 6.07 Å². The van der Waals surface area contributed by atoms with Gasteiger partial charge < -0.3 is 4.90 Å². The molecule has 2 atom stereocenters. The van der Waals surface area contributed by atoms with Gasteiger partial charge in [0.15, 0.2) is 11.6 Å². The normalized spacial score (nSPS) is 23.0. The lowest BCUT2D eigenvalue weighted by Gasteiger charge is -2.25. The van der Waals surface area contributed by atoms with Crippen LogP contribution in [-0.4, -0.2) is 29.6 Å². The third kappa shape index (κ3) is 3.49. The van der Waals surface area contributed by atoms with Crippen LogP contribution in [0.15, 0.2) is 18.2 Å². The van der Waals surface area contributed by atoms with Crippen LogP contribution in [-0.2, 0) is 4.79 Å². The first-order valence-electron chi connectivity index (χ1n) is 6.27. The van der Waals surface area contributed by atoms with Crippen LogP contribution in [0.4, 0.5) is 22.0 Å².